The third-order valence-electron chi connectivity index (χ3n) is 5.08. The van der Waals surface area contributed by atoms with E-state index in [9.17, 15) is 9.59 Å². The van der Waals surface area contributed by atoms with Crippen LogP contribution in [0, 0.1) is 5.92 Å². The van der Waals surface area contributed by atoms with Crippen LogP contribution in [0.25, 0.3) is 0 Å². The maximum Gasteiger partial charge on any atom is 0.248 e. The second-order valence-electron chi connectivity index (χ2n) is 6.94. The number of likely N-dealkylation sites (N-methyl/N-ethyl adjacent to an activating group) is 1. The predicted molar refractivity (Wildman–Crippen MR) is 80.3 cm³/mol. The van der Waals surface area contributed by atoms with Gasteiger partial charge in [0.25, 0.3) is 0 Å². The fourth-order valence-corrected chi connectivity index (χ4v) is 3.83. The minimum absolute atomic E-state index is 0.0325. The fraction of sp³-hybridized carbons (Fsp3) is 0.875. The highest BCUT2D eigenvalue weighted by molar-refractivity contribution is 5.78. The van der Waals surface area contributed by atoms with Gasteiger partial charge in [0.2, 0.25) is 11.8 Å². The lowest BCUT2D eigenvalue weighted by molar-refractivity contribution is -0.161. The molecule has 1 aliphatic carbocycles. The molecule has 2 saturated heterocycles. The average Bonchev–Trinajstić information content (AvgIpc) is 2.95. The summed E-state index contributed by atoms with van der Waals surface area (Å²) in [6.07, 6.45) is 5.53. The molecule has 3 aliphatic rings. The molecule has 124 valence electrons. The second-order valence-corrected chi connectivity index (χ2v) is 6.94. The Balaban J connectivity index is 1.62. The van der Waals surface area contributed by atoms with Gasteiger partial charge >= 0.3 is 0 Å². The van der Waals surface area contributed by atoms with Gasteiger partial charge < -0.3 is 19.3 Å². The number of hydrogen-bond donors (Lipinski definition) is 0. The molecule has 0 bridgehead atoms. The minimum Gasteiger partial charge on any atom is -0.368 e. The summed E-state index contributed by atoms with van der Waals surface area (Å²) >= 11 is 0. The number of amides is 2. The van der Waals surface area contributed by atoms with Crippen LogP contribution in [0.3, 0.4) is 0 Å². The van der Waals surface area contributed by atoms with Crippen LogP contribution in [-0.2, 0) is 19.1 Å². The van der Waals surface area contributed by atoms with Gasteiger partial charge in [-0.25, -0.2) is 0 Å². The van der Waals surface area contributed by atoms with E-state index < -0.39 is 5.60 Å². The maximum atomic E-state index is 12.6. The Hall–Kier alpha value is -1.14. The third kappa shape index (κ3) is 3.43. The Morgan fingerprint density at radius 1 is 1.32 bits per heavy atom. The first-order valence-electron chi connectivity index (χ1n) is 8.31. The Morgan fingerprint density at radius 3 is 2.86 bits per heavy atom. The minimum atomic E-state index is -0.565. The molecule has 0 aromatic heterocycles. The van der Waals surface area contributed by atoms with Gasteiger partial charge in [0.05, 0.1) is 26.3 Å². The van der Waals surface area contributed by atoms with Gasteiger partial charge in [0.15, 0.2) is 0 Å². The zero-order chi connectivity index (χ0) is 15.6. The van der Waals surface area contributed by atoms with Crippen molar-refractivity contribution in [1.82, 2.24) is 9.80 Å². The molecule has 1 saturated carbocycles. The molecule has 3 fully saturated rings. The molecule has 0 aromatic carbocycles. The molecule has 0 radical (unpaired) electrons. The van der Waals surface area contributed by atoms with E-state index in [0.29, 0.717) is 45.2 Å². The van der Waals surface area contributed by atoms with E-state index in [2.05, 4.69) is 0 Å². The van der Waals surface area contributed by atoms with Crippen molar-refractivity contribution in [2.75, 3.05) is 46.5 Å². The van der Waals surface area contributed by atoms with Crippen LogP contribution < -0.4 is 0 Å². The van der Waals surface area contributed by atoms with Gasteiger partial charge in [-0.15, -0.1) is 0 Å². The first-order valence-corrected chi connectivity index (χ1v) is 8.31. The van der Waals surface area contributed by atoms with Crippen LogP contribution >= 0.6 is 0 Å². The van der Waals surface area contributed by atoms with E-state index in [4.69, 9.17) is 9.47 Å². The van der Waals surface area contributed by atoms with Crippen LogP contribution in [0.1, 0.15) is 32.1 Å². The highest BCUT2D eigenvalue weighted by Gasteiger charge is 2.42. The van der Waals surface area contributed by atoms with Crippen molar-refractivity contribution in [1.29, 1.82) is 0 Å². The van der Waals surface area contributed by atoms with Crippen LogP contribution in [0.4, 0.5) is 0 Å². The molecule has 0 N–H and O–H groups in total. The first kappa shape index (κ1) is 15.7. The molecule has 0 aromatic rings. The largest absolute Gasteiger partial charge is 0.368 e. The summed E-state index contributed by atoms with van der Waals surface area (Å²) in [5, 5.41) is 0. The average molecular weight is 310 g/mol. The highest BCUT2D eigenvalue weighted by atomic mass is 16.5. The lowest BCUT2D eigenvalue weighted by Crippen LogP contribution is -2.59. The summed E-state index contributed by atoms with van der Waals surface area (Å²) in [5.74, 6) is 0.753. The SMILES string of the molecule is CN1CC2(COCC1=O)CN(C(=O)CC1CCCC1)CCO2. The van der Waals surface area contributed by atoms with Crippen LogP contribution in [0.15, 0.2) is 0 Å². The summed E-state index contributed by atoms with van der Waals surface area (Å²) < 4.78 is 11.4. The normalized spacial score (nSPS) is 30.9. The Labute approximate surface area is 131 Å². The zero-order valence-corrected chi connectivity index (χ0v) is 13.4. The van der Waals surface area contributed by atoms with E-state index >= 15 is 0 Å². The number of morpholine rings is 1. The van der Waals surface area contributed by atoms with Crippen LogP contribution in [0.2, 0.25) is 0 Å². The van der Waals surface area contributed by atoms with E-state index in [1.165, 1.54) is 25.7 Å². The highest BCUT2D eigenvalue weighted by Crippen LogP contribution is 2.29. The van der Waals surface area contributed by atoms with Crippen molar-refractivity contribution < 1.29 is 19.1 Å². The van der Waals surface area contributed by atoms with Crippen molar-refractivity contribution in [3.8, 4) is 0 Å². The fourth-order valence-electron chi connectivity index (χ4n) is 3.83. The third-order valence-corrected chi connectivity index (χ3v) is 5.08. The molecule has 22 heavy (non-hydrogen) atoms. The van der Waals surface area contributed by atoms with E-state index in [0.717, 1.165) is 0 Å². The van der Waals surface area contributed by atoms with Gasteiger partial charge in [-0.1, -0.05) is 12.8 Å². The summed E-state index contributed by atoms with van der Waals surface area (Å²) in [5.41, 5.74) is -0.565. The number of rotatable bonds is 2. The van der Waals surface area contributed by atoms with Crippen molar-refractivity contribution in [3.63, 3.8) is 0 Å². The second kappa shape index (κ2) is 6.54. The van der Waals surface area contributed by atoms with Crippen molar-refractivity contribution in [2.45, 2.75) is 37.7 Å². The lowest BCUT2D eigenvalue weighted by atomic mass is 9.99. The first-order chi connectivity index (χ1) is 10.6. The van der Waals surface area contributed by atoms with E-state index in [1.54, 1.807) is 11.9 Å². The molecule has 2 heterocycles. The summed E-state index contributed by atoms with van der Waals surface area (Å²) in [4.78, 5) is 27.9. The molecule has 2 aliphatic heterocycles. The van der Waals surface area contributed by atoms with Gasteiger partial charge in [0.1, 0.15) is 12.2 Å². The van der Waals surface area contributed by atoms with Crippen LogP contribution in [-0.4, -0.2) is 73.7 Å². The zero-order valence-electron chi connectivity index (χ0n) is 13.4. The standard InChI is InChI=1S/C16H26N2O4/c1-17-10-16(12-21-9-15(17)20)11-18(6-7-22-16)14(19)8-13-4-2-3-5-13/h13H,2-12H2,1H3. The van der Waals surface area contributed by atoms with Crippen molar-refractivity contribution in [2.24, 2.45) is 5.92 Å². The molecule has 6 nitrogen and oxygen atoms in total. The number of nitrogens with zero attached hydrogens (tertiary/aromatic N) is 2. The summed E-state index contributed by atoms with van der Waals surface area (Å²) in [6, 6.07) is 0. The van der Waals surface area contributed by atoms with Crippen molar-refractivity contribution in [3.05, 3.63) is 0 Å². The molecule has 1 unspecified atom stereocenters. The molecule has 2 amide bonds. The quantitative estimate of drug-likeness (QED) is 0.751. The summed E-state index contributed by atoms with van der Waals surface area (Å²) in [6.45, 7) is 2.63. The number of carbonyl (C=O) groups is 2. The molecule has 1 spiro atoms. The summed E-state index contributed by atoms with van der Waals surface area (Å²) in [7, 11) is 1.77. The molecule has 6 heteroatoms. The van der Waals surface area contributed by atoms with Gasteiger partial charge in [-0.3, -0.25) is 9.59 Å². The number of ether oxygens (including phenoxy) is 2. The number of carbonyl (C=O) groups excluding carboxylic acids is 2. The van der Waals surface area contributed by atoms with Gasteiger partial charge in [-0.2, -0.15) is 0 Å². The Bertz CT molecular complexity index is 436. The molecular weight excluding hydrogens is 284 g/mol. The van der Waals surface area contributed by atoms with E-state index in [1.807, 2.05) is 4.90 Å². The Kier molecular flexibility index (Phi) is 4.68. The lowest BCUT2D eigenvalue weighted by Gasteiger charge is -2.43. The smallest absolute Gasteiger partial charge is 0.248 e. The predicted octanol–water partition coefficient (Wildman–Crippen LogP) is 0.653. The van der Waals surface area contributed by atoms with Gasteiger partial charge in [0, 0.05) is 20.0 Å². The monoisotopic (exact) mass is 310 g/mol. The topological polar surface area (TPSA) is 59.1 Å². The maximum absolute atomic E-state index is 12.6. The van der Waals surface area contributed by atoms with Crippen LogP contribution in [0.5, 0.6) is 0 Å². The van der Waals surface area contributed by atoms with Crippen molar-refractivity contribution >= 4 is 11.8 Å². The molecule has 1 atom stereocenters. The molecular formula is C16H26N2O4. The molecule has 3 rings (SSSR count). The Morgan fingerprint density at radius 2 is 2.09 bits per heavy atom. The van der Waals surface area contributed by atoms with E-state index in [-0.39, 0.29) is 18.4 Å². The number of hydrogen-bond acceptors (Lipinski definition) is 4. The van der Waals surface area contributed by atoms with Gasteiger partial charge in [-0.05, 0) is 18.8 Å².